The molecule has 0 radical (unpaired) electrons. The van der Waals surface area contributed by atoms with E-state index >= 15 is 0 Å². The van der Waals surface area contributed by atoms with Crippen LogP contribution in [-0.2, 0) is 9.53 Å². The standard InChI is InChI=1S/C9H4BrFO2.C3H6O2/c10-7-4-5(11)3-6-8(12)1-2-13-9(6)7;1-2-5-3-4/h1-4H;3H,2H2,1H3. The second kappa shape index (κ2) is 6.90. The number of carbonyl (C=O) groups excluding carboxylic acids is 1. The molecule has 0 fully saturated rings. The molecule has 0 N–H and O–H groups in total. The van der Waals surface area contributed by atoms with E-state index in [0.29, 0.717) is 23.1 Å². The smallest absolute Gasteiger partial charge is 0.293 e. The third kappa shape index (κ3) is 3.66. The molecule has 18 heavy (non-hydrogen) atoms. The highest BCUT2D eigenvalue weighted by atomic mass is 79.9. The Hall–Kier alpha value is -1.69. The minimum Gasteiger partial charge on any atom is -0.468 e. The van der Waals surface area contributed by atoms with Gasteiger partial charge in [0.2, 0.25) is 0 Å². The summed E-state index contributed by atoms with van der Waals surface area (Å²) >= 11 is 3.11. The molecule has 0 unspecified atom stereocenters. The second-order valence-electron chi connectivity index (χ2n) is 3.10. The molecule has 0 saturated heterocycles. The highest BCUT2D eigenvalue weighted by Crippen LogP contribution is 2.22. The molecule has 0 saturated carbocycles. The summed E-state index contributed by atoms with van der Waals surface area (Å²) in [5.41, 5.74) is 0.121. The molecule has 4 nitrogen and oxygen atoms in total. The van der Waals surface area contributed by atoms with Crippen molar-refractivity contribution in [2.45, 2.75) is 6.92 Å². The molecule has 1 heterocycles. The largest absolute Gasteiger partial charge is 0.468 e. The molecule has 2 aromatic rings. The fraction of sp³-hybridized carbons (Fsp3) is 0.167. The molecule has 1 aromatic heterocycles. The lowest BCUT2D eigenvalue weighted by molar-refractivity contribution is -0.128. The number of ether oxygens (including phenoxy) is 1. The van der Waals surface area contributed by atoms with Gasteiger partial charge >= 0.3 is 0 Å². The molecular weight excluding hydrogens is 307 g/mol. The van der Waals surface area contributed by atoms with Crippen LogP contribution in [0.15, 0.2) is 38.1 Å². The maximum Gasteiger partial charge on any atom is 0.293 e. The fourth-order valence-electron chi connectivity index (χ4n) is 1.18. The van der Waals surface area contributed by atoms with E-state index in [4.69, 9.17) is 4.42 Å². The van der Waals surface area contributed by atoms with Crippen LogP contribution in [0.5, 0.6) is 0 Å². The van der Waals surface area contributed by atoms with E-state index in [0.717, 1.165) is 6.07 Å². The molecule has 1 aromatic carbocycles. The zero-order chi connectivity index (χ0) is 13.5. The molecule has 0 aliphatic carbocycles. The van der Waals surface area contributed by atoms with Gasteiger partial charge in [-0.15, -0.1) is 0 Å². The van der Waals surface area contributed by atoms with Gasteiger partial charge in [-0.25, -0.2) is 4.39 Å². The van der Waals surface area contributed by atoms with Crippen molar-refractivity contribution in [2.24, 2.45) is 0 Å². The molecule has 0 spiro atoms. The van der Waals surface area contributed by atoms with E-state index in [1.54, 1.807) is 6.92 Å². The normalized spacial score (nSPS) is 9.50. The Morgan fingerprint density at radius 3 is 2.78 bits per heavy atom. The molecule has 0 aliphatic rings. The van der Waals surface area contributed by atoms with Gasteiger partial charge in [0.25, 0.3) is 6.47 Å². The van der Waals surface area contributed by atoms with Crippen LogP contribution in [0, 0.1) is 5.82 Å². The third-order valence-electron chi connectivity index (χ3n) is 1.91. The first-order valence-corrected chi connectivity index (χ1v) is 5.81. The lowest BCUT2D eigenvalue weighted by atomic mass is 10.2. The van der Waals surface area contributed by atoms with Gasteiger partial charge in [0.05, 0.1) is 22.7 Å². The molecule has 0 atom stereocenters. The van der Waals surface area contributed by atoms with Gasteiger partial charge in [0, 0.05) is 6.07 Å². The van der Waals surface area contributed by atoms with Crippen LogP contribution in [0.3, 0.4) is 0 Å². The van der Waals surface area contributed by atoms with Crippen LogP contribution in [-0.4, -0.2) is 13.1 Å². The Morgan fingerprint density at radius 2 is 2.22 bits per heavy atom. The second-order valence-corrected chi connectivity index (χ2v) is 3.96. The summed E-state index contributed by atoms with van der Waals surface area (Å²) in [6, 6.07) is 3.67. The number of hydrogen-bond acceptors (Lipinski definition) is 4. The first kappa shape index (κ1) is 14.4. The molecule has 96 valence electrons. The molecule has 6 heteroatoms. The van der Waals surface area contributed by atoms with E-state index in [1.807, 2.05) is 0 Å². The number of benzene rings is 1. The molecule has 0 aliphatic heterocycles. The van der Waals surface area contributed by atoms with Gasteiger partial charge in [-0.3, -0.25) is 9.59 Å². The summed E-state index contributed by atoms with van der Waals surface area (Å²) in [6.07, 6.45) is 1.29. The highest BCUT2D eigenvalue weighted by Gasteiger charge is 2.06. The van der Waals surface area contributed by atoms with E-state index in [9.17, 15) is 14.0 Å². The molecule has 0 amide bonds. The average molecular weight is 317 g/mol. The van der Waals surface area contributed by atoms with Crippen molar-refractivity contribution >= 4 is 33.4 Å². The van der Waals surface area contributed by atoms with Gasteiger partial charge in [-0.2, -0.15) is 0 Å². The van der Waals surface area contributed by atoms with Crippen molar-refractivity contribution in [1.29, 1.82) is 0 Å². The van der Waals surface area contributed by atoms with Gasteiger partial charge < -0.3 is 9.15 Å². The first-order chi connectivity index (χ1) is 8.60. The Kier molecular flexibility index (Phi) is 5.51. The maximum absolute atomic E-state index is 12.9. The Bertz CT molecular complexity index is 594. The minimum absolute atomic E-state index is 0.245. The topological polar surface area (TPSA) is 56.5 Å². The van der Waals surface area contributed by atoms with Crippen molar-refractivity contribution in [2.75, 3.05) is 6.61 Å². The monoisotopic (exact) mass is 316 g/mol. The van der Waals surface area contributed by atoms with Crippen LogP contribution in [0.4, 0.5) is 4.39 Å². The summed E-state index contributed by atoms with van der Waals surface area (Å²) in [7, 11) is 0. The van der Waals surface area contributed by atoms with Crippen LogP contribution in [0.1, 0.15) is 6.92 Å². The Morgan fingerprint density at radius 1 is 1.50 bits per heavy atom. The SMILES string of the molecule is CCOC=O.O=c1ccoc2c(Br)cc(F)cc12. The van der Waals surface area contributed by atoms with Crippen molar-refractivity contribution in [3.05, 3.63) is 45.0 Å². The molecule has 2 rings (SSSR count). The number of halogens is 2. The Labute approximate surface area is 110 Å². The fourth-order valence-corrected chi connectivity index (χ4v) is 1.71. The Balaban J connectivity index is 0.000000280. The lowest BCUT2D eigenvalue weighted by Crippen LogP contribution is -1.98. The van der Waals surface area contributed by atoms with Crippen molar-refractivity contribution < 1.29 is 18.3 Å². The van der Waals surface area contributed by atoms with Crippen molar-refractivity contribution in [3.8, 4) is 0 Å². The van der Waals surface area contributed by atoms with E-state index < -0.39 is 5.82 Å². The van der Waals surface area contributed by atoms with Gasteiger partial charge in [0.1, 0.15) is 5.82 Å². The zero-order valence-corrected chi connectivity index (χ0v) is 11.1. The van der Waals surface area contributed by atoms with Crippen molar-refractivity contribution in [3.63, 3.8) is 0 Å². The highest BCUT2D eigenvalue weighted by molar-refractivity contribution is 9.10. The molecular formula is C12H10BrFO4. The zero-order valence-electron chi connectivity index (χ0n) is 9.48. The van der Waals surface area contributed by atoms with Crippen LogP contribution < -0.4 is 5.43 Å². The number of rotatable bonds is 2. The minimum atomic E-state index is -0.460. The number of fused-ring (bicyclic) bond motifs is 1. The number of hydrogen-bond donors (Lipinski definition) is 0. The summed E-state index contributed by atoms with van der Waals surface area (Å²) < 4.78 is 22.5. The average Bonchev–Trinajstić information content (AvgIpc) is 2.32. The number of carbonyl (C=O) groups is 1. The summed E-state index contributed by atoms with van der Waals surface area (Å²) in [5.74, 6) is -0.460. The van der Waals surface area contributed by atoms with Gasteiger partial charge in [-0.05, 0) is 35.0 Å². The molecule has 0 bridgehead atoms. The third-order valence-corrected chi connectivity index (χ3v) is 2.50. The van der Waals surface area contributed by atoms with Gasteiger partial charge in [-0.1, -0.05) is 0 Å². The van der Waals surface area contributed by atoms with Crippen LogP contribution in [0.25, 0.3) is 11.0 Å². The van der Waals surface area contributed by atoms with Crippen molar-refractivity contribution in [1.82, 2.24) is 0 Å². The van der Waals surface area contributed by atoms with E-state index in [2.05, 4.69) is 20.7 Å². The summed E-state index contributed by atoms with van der Waals surface area (Å²) in [6.45, 7) is 2.66. The van der Waals surface area contributed by atoms with E-state index in [1.165, 1.54) is 18.4 Å². The lowest BCUT2D eigenvalue weighted by Gasteiger charge is -1.97. The quantitative estimate of drug-likeness (QED) is 0.799. The van der Waals surface area contributed by atoms with E-state index in [-0.39, 0.29) is 10.8 Å². The summed E-state index contributed by atoms with van der Waals surface area (Å²) in [4.78, 5) is 20.4. The van der Waals surface area contributed by atoms with Gasteiger partial charge in [0.15, 0.2) is 11.0 Å². The predicted octanol–water partition coefficient (Wildman–Crippen LogP) is 2.87. The predicted molar refractivity (Wildman–Crippen MR) is 67.8 cm³/mol. The summed E-state index contributed by atoms with van der Waals surface area (Å²) in [5, 5.41) is 0.245. The van der Waals surface area contributed by atoms with Crippen LogP contribution in [0.2, 0.25) is 0 Å². The van der Waals surface area contributed by atoms with Crippen LogP contribution >= 0.6 is 15.9 Å². The first-order valence-electron chi connectivity index (χ1n) is 5.02. The maximum atomic E-state index is 12.9.